The fourth-order valence-electron chi connectivity index (χ4n) is 1.61. The normalized spacial score (nSPS) is 15.1. The standard InChI is InChI=1S/C11H17N3O2/c1-16-8-2-5-12-10-11(15)14(7-6-13-10)9-3-4-9/h6-7,9H,2-5,8H2,1H3,(H,12,13). The second-order valence-electron chi connectivity index (χ2n) is 3.99. The number of hydrogen-bond acceptors (Lipinski definition) is 4. The van der Waals surface area contributed by atoms with Gasteiger partial charge in [-0.3, -0.25) is 4.79 Å². The second-order valence-corrected chi connectivity index (χ2v) is 3.99. The fraction of sp³-hybridized carbons (Fsp3) is 0.636. The van der Waals surface area contributed by atoms with E-state index in [4.69, 9.17) is 4.74 Å². The van der Waals surface area contributed by atoms with Gasteiger partial charge in [-0.2, -0.15) is 0 Å². The average molecular weight is 223 g/mol. The van der Waals surface area contributed by atoms with Gasteiger partial charge in [0, 0.05) is 38.7 Å². The van der Waals surface area contributed by atoms with E-state index in [1.54, 1.807) is 24.1 Å². The molecule has 5 nitrogen and oxygen atoms in total. The second kappa shape index (κ2) is 5.12. The molecular weight excluding hydrogens is 206 g/mol. The van der Waals surface area contributed by atoms with Gasteiger partial charge in [0.1, 0.15) is 0 Å². The molecule has 0 amide bonds. The summed E-state index contributed by atoms with van der Waals surface area (Å²) >= 11 is 0. The summed E-state index contributed by atoms with van der Waals surface area (Å²) in [5.74, 6) is 0.450. The van der Waals surface area contributed by atoms with E-state index >= 15 is 0 Å². The van der Waals surface area contributed by atoms with E-state index in [1.165, 1.54) is 0 Å². The topological polar surface area (TPSA) is 56.1 Å². The lowest BCUT2D eigenvalue weighted by Gasteiger charge is -2.07. The first-order valence-corrected chi connectivity index (χ1v) is 5.63. The van der Waals surface area contributed by atoms with Crippen LogP contribution in [0.15, 0.2) is 17.2 Å². The molecule has 5 heteroatoms. The number of hydrogen-bond donors (Lipinski definition) is 1. The molecule has 1 saturated carbocycles. The Kier molecular flexibility index (Phi) is 3.56. The Morgan fingerprint density at radius 1 is 1.62 bits per heavy atom. The maximum absolute atomic E-state index is 11.9. The number of nitrogens with one attached hydrogen (secondary N) is 1. The zero-order chi connectivity index (χ0) is 11.4. The zero-order valence-corrected chi connectivity index (χ0v) is 9.48. The number of aromatic nitrogens is 2. The molecule has 1 fully saturated rings. The van der Waals surface area contributed by atoms with Crippen molar-refractivity contribution < 1.29 is 4.74 Å². The van der Waals surface area contributed by atoms with Gasteiger partial charge in [0.25, 0.3) is 5.56 Å². The highest BCUT2D eigenvalue weighted by atomic mass is 16.5. The van der Waals surface area contributed by atoms with Crippen LogP contribution in [0.25, 0.3) is 0 Å². The van der Waals surface area contributed by atoms with Gasteiger partial charge in [0.2, 0.25) is 0 Å². The van der Waals surface area contributed by atoms with Crippen LogP contribution in [-0.2, 0) is 4.74 Å². The minimum absolute atomic E-state index is 0.0117. The van der Waals surface area contributed by atoms with Crippen LogP contribution in [0.1, 0.15) is 25.3 Å². The van der Waals surface area contributed by atoms with Crippen molar-refractivity contribution in [2.24, 2.45) is 0 Å². The van der Waals surface area contributed by atoms with Crippen molar-refractivity contribution in [1.29, 1.82) is 0 Å². The SMILES string of the molecule is COCCCNc1nccn(C2CC2)c1=O. The van der Waals surface area contributed by atoms with Gasteiger partial charge in [0.05, 0.1) is 0 Å². The van der Waals surface area contributed by atoms with Crippen LogP contribution in [0, 0.1) is 0 Å². The molecule has 88 valence electrons. The highest BCUT2D eigenvalue weighted by Crippen LogP contribution is 2.33. The molecule has 1 aliphatic carbocycles. The first-order valence-electron chi connectivity index (χ1n) is 5.63. The minimum Gasteiger partial charge on any atom is -0.385 e. The molecule has 1 aromatic heterocycles. The molecule has 1 N–H and O–H groups in total. The van der Waals surface area contributed by atoms with Crippen LogP contribution in [0.2, 0.25) is 0 Å². The predicted octanol–water partition coefficient (Wildman–Crippen LogP) is 1.03. The van der Waals surface area contributed by atoms with Crippen LogP contribution in [0.5, 0.6) is 0 Å². The molecule has 2 rings (SSSR count). The van der Waals surface area contributed by atoms with Crippen LogP contribution >= 0.6 is 0 Å². The Labute approximate surface area is 94.5 Å². The van der Waals surface area contributed by atoms with Gasteiger partial charge in [-0.1, -0.05) is 0 Å². The molecule has 0 aliphatic heterocycles. The molecule has 0 unspecified atom stereocenters. The highest BCUT2D eigenvalue weighted by Gasteiger charge is 2.25. The van der Waals surface area contributed by atoms with Crippen molar-refractivity contribution >= 4 is 5.82 Å². The van der Waals surface area contributed by atoms with Crippen molar-refractivity contribution in [2.45, 2.75) is 25.3 Å². The molecule has 0 atom stereocenters. The zero-order valence-electron chi connectivity index (χ0n) is 9.48. The smallest absolute Gasteiger partial charge is 0.293 e. The maximum Gasteiger partial charge on any atom is 0.293 e. The van der Waals surface area contributed by atoms with E-state index in [-0.39, 0.29) is 5.56 Å². The Morgan fingerprint density at radius 3 is 3.12 bits per heavy atom. The Hall–Kier alpha value is -1.36. The first kappa shape index (κ1) is 11.1. The monoisotopic (exact) mass is 223 g/mol. The lowest BCUT2D eigenvalue weighted by Crippen LogP contribution is -2.24. The molecule has 1 heterocycles. The number of anilines is 1. The molecular formula is C11H17N3O2. The Balaban J connectivity index is 1.98. The Bertz CT molecular complexity index is 398. The van der Waals surface area contributed by atoms with Crippen molar-refractivity contribution in [1.82, 2.24) is 9.55 Å². The predicted molar refractivity (Wildman–Crippen MR) is 61.8 cm³/mol. The van der Waals surface area contributed by atoms with Gasteiger partial charge < -0.3 is 14.6 Å². The summed E-state index contributed by atoms with van der Waals surface area (Å²) in [5, 5.41) is 3.05. The van der Waals surface area contributed by atoms with Gasteiger partial charge >= 0.3 is 0 Å². The molecule has 1 aromatic rings. The van der Waals surface area contributed by atoms with Crippen molar-refractivity contribution in [2.75, 3.05) is 25.6 Å². The quantitative estimate of drug-likeness (QED) is 0.732. The van der Waals surface area contributed by atoms with Crippen molar-refractivity contribution in [3.8, 4) is 0 Å². The lowest BCUT2D eigenvalue weighted by molar-refractivity contribution is 0.197. The third-order valence-electron chi connectivity index (χ3n) is 2.63. The third kappa shape index (κ3) is 2.61. The fourth-order valence-corrected chi connectivity index (χ4v) is 1.61. The summed E-state index contributed by atoms with van der Waals surface area (Å²) in [6.07, 6.45) is 6.52. The van der Waals surface area contributed by atoms with Crippen LogP contribution in [0.4, 0.5) is 5.82 Å². The largest absolute Gasteiger partial charge is 0.385 e. The first-order chi connectivity index (χ1) is 7.83. The third-order valence-corrected chi connectivity index (χ3v) is 2.63. The van der Waals surface area contributed by atoms with Crippen LogP contribution in [-0.4, -0.2) is 29.8 Å². The summed E-state index contributed by atoms with van der Waals surface area (Å²) in [4.78, 5) is 16.0. The van der Waals surface area contributed by atoms with Gasteiger partial charge in [-0.15, -0.1) is 0 Å². The molecule has 0 radical (unpaired) electrons. The Morgan fingerprint density at radius 2 is 2.44 bits per heavy atom. The van der Waals surface area contributed by atoms with Crippen LogP contribution in [0.3, 0.4) is 0 Å². The van der Waals surface area contributed by atoms with E-state index in [0.717, 1.165) is 19.3 Å². The van der Waals surface area contributed by atoms with Gasteiger partial charge in [0.15, 0.2) is 5.82 Å². The summed E-state index contributed by atoms with van der Waals surface area (Å²) in [7, 11) is 1.67. The van der Waals surface area contributed by atoms with Gasteiger partial charge in [-0.05, 0) is 19.3 Å². The molecule has 0 spiro atoms. The number of methoxy groups -OCH3 is 1. The van der Waals surface area contributed by atoms with E-state index in [1.807, 2.05) is 0 Å². The van der Waals surface area contributed by atoms with E-state index < -0.39 is 0 Å². The van der Waals surface area contributed by atoms with Crippen LogP contribution < -0.4 is 10.9 Å². The molecule has 16 heavy (non-hydrogen) atoms. The minimum atomic E-state index is -0.0117. The van der Waals surface area contributed by atoms with Crippen molar-refractivity contribution in [3.63, 3.8) is 0 Å². The molecule has 0 saturated heterocycles. The molecule has 1 aliphatic rings. The van der Waals surface area contributed by atoms with E-state index in [9.17, 15) is 4.79 Å². The average Bonchev–Trinajstić information content (AvgIpc) is 3.10. The number of nitrogens with zero attached hydrogens (tertiary/aromatic N) is 2. The lowest BCUT2D eigenvalue weighted by atomic mass is 10.4. The molecule has 0 aromatic carbocycles. The van der Waals surface area contributed by atoms with Crippen molar-refractivity contribution in [3.05, 3.63) is 22.7 Å². The highest BCUT2D eigenvalue weighted by molar-refractivity contribution is 5.30. The number of ether oxygens (including phenoxy) is 1. The van der Waals surface area contributed by atoms with Gasteiger partial charge in [-0.25, -0.2) is 4.98 Å². The summed E-state index contributed by atoms with van der Waals surface area (Å²) in [6, 6.07) is 0.398. The summed E-state index contributed by atoms with van der Waals surface area (Å²) < 4.78 is 6.71. The summed E-state index contributed by atoms with van der Waals surface area (Å²) in [5.41, 5.74) is -0.0117. The number of rotatable bonds is 6. The maximum atomic E-state index is 11.9. The summed E-state index contributed by atoms with van der Waals surface area (Å²) in [6.45, 7) is 1.40. The molecule has 0 bridgehead atoms. The van der Waals surface area contributed by atoms with E-state index in [0.29, 0.717) is 25.0 Å². The van der Waals surface area contributed by atoms with E-state index in [2.05, 4.69) is 10.3 Å².